The first-order valence-corrected chi connectivity index (χ1v) is 11.2. The molecule has 0 saturated carbocycles. The molecule has 0 aliphatic carbocycles. The van der Waals surface area contributed by atoms with E-state index >= 15 is 0 Å². The minimum atomic E-state index is -0.833. The summed E-state index contributed by atoms with van der Waals surface area (Å²) < 4.78 is 6.78. The fourth-order valence-corrected chi connectivity index (χ4v) is 3.95. The molecule has 1 aliphatic rings. The molecule has 2 heterocycles. The summed E-state index contributed by atoms with van der Waals surface area (Å²) in [5.41, 5.74) is 4.85. The van der Waals surface area contributed by atoms with Crippen molar-refractivity contribution in [2.75, 3.05) is 27.2 Å². The smallest absolute Gasteiger partial charge is 0.407 e. The van der Waals surface area contributed by atoms with Crippen LogP contribution in [0.25, 0.3) is 10.9 Å². The highest BCUT2D eigenvalue weighted by Crippen LogP contribution is 2.26. The van der Waals surface area contributed by atoms with Crippen LogP contribution in [0.2, 0.25) is 0 Å². The van der Waals surface area contributed by atoms with Crippen LogP contribution >= 0.6 is 0 Å². The highest BCUT2D eigenvalue weighted by molar-refractivity contribution is 6.04. The zero-order valence-corrected chi connectivity index (χ0v) is 20.0. The number of fused-ring (bicyclic) bond motifs is 1. The largest absolute Gasteiger partial charge is 0.481 e. The van der Waals surface area contributed by atoms with E-state index < -0.39 is 5.97 Å². The first kappa shape index (κ1) is 25.0. The number of aliphatic carboxylic acids is 1. The van der Waals surface area contributed by atoms with Crippen molar-refractivity contribution < 1.29 is 24.2 Å². The summed E-state index contributed by atoms with van der Waals surface area (Å²) in [6, 6.07) is 13.8. The lowest BCUT2D eigenvalue weighted by Gasteiger charge is -2.10. The van der Waals surface area contributed by atoms with Crippen LogP contribution in [0.1, 0.15) is 34.0 Å². The van der Waals surface area contributed by atoms with Crippen LogP contribution in [0.3, 0.4) is 0 Å². The summed E-state index contributed by atoms with van der Waals surface area (Å²) in [6.07, 6.45) is 3.17. The predicted octanol–water partition coefficient (Wildman–Crippen LogP) is 3.48. The lowest BCUT2D eigenvalue weighted by Crippen LogP contribution is -2.28. The summed E-state index contributed by atoms with van der Waals surface area (Å²) in [7, 11) is 4.09. The number of amides is 1. The van der Waals surface area contributed by atoms with Crippen molar-refractivity contribution in [3.8, 4) is 0 Å². The number of cyclic esters (lactones) is 1. The van der Waals surface area contributed by atoms with E-state index in [1.165, 1.54) is 0 Å². The lowest BCUT2D eigenvalue weighted by molar-refractivity contribution is -0.134. The average Bonchev–Trinajstić information content (AvgIpc) is 3.34. The molecule has 3 aromatic rings. The molecular weight excluding hydrogens is 434 g/mol. The van der Waals surface area contributed by atoms with Crippen molar-refractivity contribution in [2.45, 2.75) is 32.7 Å². The Balaban J connectivity index is 0.000000751. The van der Waals surface area contributed by atoms with Gasteiger partial charge in [-0.15, -0.1) is 0 Å². The monoisotopic (exact) mass is 465 g/mol. The molecule has 1 aliphatic heterocycles. The SMILES string of the molecule is CC(=O)O.Cc1ccccc1C(=O)n1cc(CCN(C)C)c2cc(CC3COC(=O)N3)ccc21. The third-order valence-electron chi connectivity index (χ3n) is 5.59. The topological polar surface area (TPSA) is 101 Å². The Morgan fingerprint density at radius 2 is 1.91 bits per heavy atom. The second kappa shape index (κ2) is 11.0. The van der Waals surface area contributed by atoms with E-state index in [0.717, 1.165) is 47.5 Å². The van der Waals surface area contributed by atoms with Crippen LogP contribution in [0.15, 0.2) is 48.7 Å². The molecule has 180 valence electrons. The Morgan fingerprint density at radius 3 is 2.53 bits per heavy atom. The maximum Gasteiger partial charge on any atom is 0.407 e. The molecule has 4 rings (SSSR count). The Labute approximate surface area is 199 Å². The van der Waals surface area contributed by atoms with Crippen LogP contribution in [-0.4, -0.2) is 65.8 Å². The molecule has 8 nitrogen and oxygen atoms in total. The number of aryl methyl sites for hydroxylation is 1. The summed E-state index contributed by atoms with van der Waals surface area (Å²) in [5.74, 6) is -0.849. The molecular formula is C26H31N3O5. The number of alkyl carbamates (subject to hydrolysis) is 1. The molecule has 2 N–H and O–H groups in total. The molecule has 2 aromatic carbocycles. The van der Waals surface area contributed by atoms with E-state index in [1.807, 2.05) is 63.6 Å². The number of ether oxygens (including phenoxy) is 1. The number of carboxylic acid groups (broad SMARTS) is 1. The molecule has 34 heavy (non-hydrogen) atoms. The first-order valence-electron chi connectivity index (χ1n) is 11.2. The number of likely N-dealkylation sites (N-methyl/N-ethyl adjacent to an activating group) is 1. The van der Waals surface area contributed by atoms with Crippen molar-refractivity contribution in [1.29, 1.82) is 0 Å². The van der Waals surface area contributed by atoms with Crippen molar-refractivity contribution in [3.05, 3.63) is 70.9 Å². The molecule has 0 radical (unpaired) electrons. The van der Waals surface area contributed by atoms with Gasteiger partial charge in [0, 0.05) is 30.6 Å². The van der Waals surface area contributed by atoms with Crippen LogP contribution in [0.5, 0.6) is 0 Å². The third-order valence-corrected chi connectivity index (χ3v) is 5.59. The maximum absolute atomic E-state index is 13.3. The quantitative estimate of drug-likeness (QED) is 0.578. The van der Waals surface area contributed by atoms with Gasteiger partial charge in [-0.2, -0.15) is 0 Å². The fourth-order valence-electron chi connectivity index (χ4n) is 3.95. The van der Waals surface area contributed by atoms with Gasteiger partial charge in [0.05, 0.1) is 11.6 Å². The molecule has 1 amide bonds. The number of benzene rings is 2. The van der Waals surface area contributed by atoms with Crippen LogP contribution < -0.4 is 5.32 Å². The van der Waals surface area contributed by atoms with Gasteiger partial charge in [0.1, 0.15) is 6.61 Å². The van der Waals surface area contributed by atoms with Crippen LogP contribution in [0.4, 0.5) is 4.79 Å². The number of hydrogen-bond acceptors (Lipinski definition) is 5. The highest BCUT2D eigenvalue weighted by atomic mass is 16.6. The zero-order valence-electron chi connectivity index (χ0n) is 20.0. The maximum atomic E-state index is 13.3. The Morgan fingerprint density at radius 1 is 1.21 bits per heavy atom. The van der Waals surface area contributed by atoms with Gasteiger partial charge in [-0.25, -0.2) is 4.79 Å². The molecule has 1 aromatic heterocycles. The number of carbonyl (C=O) groups is 3. The standard InChI is InChI=1S/C24H27N3O3.C2H4O2/c1-16-6-4-5-7-20(16)23(28)27-14-18(10-11-26(2)3)21-13-17(8-9-22(21)27)12-19-15-30-24(29)25-19;1-2(3)4/h4-9,13-14,19H,10-12,15H2,1-3H3,(H,25,29);1H3,(H,3,4). The lowest BCUT2D eigenvalue weighted by atomic mass is 10.0. The summed E-state index contributed by atoms with van der Waals surface area (Å²) in [5, 5.41) is 11.3. The first-order chi connectivity index (χ1) is 16.2. The van der Waals surface area contributed by atoms with E-state index in [9.17, 15) is 9.59 Å². The highest BCUT2D eigenvalue weighted by Gasteiger charge is 2.23. The normalized spacial score (nSPS) is 15.0. The van der Waals surface area contributed by atoms with Crippen molar-refractivity contribution in [3.63, 3.8) is 0 Å². The summed E-state index contributed by atoms with van der Waals surface area (Å²) >= 11 is 0. The van der Waals surface area contributed by atoms with Gasteiger partial charge < -0.3 is 20.1 Å². The second-order valence-corrected chi connectivity index (χ2v) is 8.71. The Kier molecular flexibility index (Phi) is 8.07. The number of rotatable bonds is 6. The Hall–Kier alpha value is -3.65. The van der Waals surface area contributed by atoms with Crippen LogP contribution in [-0.2, 0) is 22.4 Å². The average molecular weight is 466 g/mol. The Bertz CT molecular complexity index is 1190. The number of aromatic nitrogens is 1. The molecule has 1 unspecified atom stereocenters. The van der Waals surface area contributed by atoms with Gasteiger partial charge in [-0.1, -0.05) is 24.3 Å². The fraction of sp³-hybridized carbons (Fsp3) is 0.346. The van der Waals surface area contributed by atoms with Crippen LogP contribution in [0, 0.1) is 6.92 Å². The molecule has 0 bridgehead atoms. The van der Waals surface area contributed by atoms with Gasteiger partial charge >= 0.3 is 6.09 Å². The van der Waals surface area contributed by atoms with Gasteiger partial charge in [0.15, 0.2) is 0 Å². The van der Waals surface area contributed by atoms with Gasteiger partial charge in [0.2, 0.25) is 0 Å². The second-order valence-electron chi connectivity index (χ2n) is 8.71. The zero-order chi connectivity index (χ0) is 24.8. The molecule has 1 fully saturated rings. The molecule has 8 heteroatoms. The number of nitrogens with one attached hydrogen (secondary N) is 1. The third kappa shape index (κ3) is 6.23. The van der Waals surface area contributed by atoms with E-state index in [2.05, 4.69) is 16.3 Å². The minimum absolute atomic E-state index is 0.0154. The predicted molar refractivity (Wildman–Crippen MR) is 130 cm³/mol. The van der Waals surface area contributed by atoms with Crippen molar-refractivity contribution >= 4 is 28.9 Å². The summed E-state index contributed by atoms with van der Waals surface area (Å²) in [6.45, 7) is 4.33. The molecule has 1 atom stereocenters. The van der Waals surface area contributed by atoms with Gasteiger partial charge in [-0.05, 0) is 68.8 Å². The number of nitrogens with zero attached hydrogens (tertiary/aromatic N) is 2. The number of hydrogen-bond donors (Lipinski definition) is 2. The number of carboxylic acids is 1. The van der Waals surface area contributed by atoms with E-state index in [1.54, 1.807) is 4.57 Å². The minimum Gasteiger partial charge on any atom is -0.481 e. The van der Waals surface area contributed by atoms with E-state index in [4.69, 9.17) is 14.6 Å². The van der Waals surface area contributed by atoms with Gasteiger partial charge in [0.25, 0.3) is 11.9 Å². The van der Waals surface area contributed by atoms with Crippen molar-refractivity contribution in [2.24, 2.45) is 0 Å². The van der Waals surface area contributed by atoms with Crippen molar-refractivity contribution in [1.82, 2.24) is 14.8 Å². The van der Waals surface area contributed by atoms with E-state index in [-0.39, 0.29) is 18.0 Å². The number of carbonyl (C=O) groups excluding carboxylic acids is 2. The van der Waals surface area contributed by atoms with Gasteiger partial charge in [-0.3, -0.25) is 14.2 Å². The molecule has 0 spiro atoms. The molecule has 1 saturated heterocycles. The summed E-state index contributed by atoms with van der Waals surface area (Å²) in [4.78, 5) is 35.8. The van der Waals surface area contributed by atoms with E-state index in [0.29, 0.717) is 18.6 Å².